The molecule has 2 rings (SSSR count). The lowest BCUT2D eigenvalue weighted by atomic mass is 10.1. The standard InChI is InChI=1S/C20H13Br2ClN2O2/c1-3-6-27-19-16(21)8-13(9-17(19)22)7-14(11-24)20(26)25-15-5-4-12(2)18(23)10-15/h1,4-5,7-10H,6H2,2H3,(H,25,26)/b14-7-. The highest BCUT2D eigenvalue weighted by Gasteiger charge is 2.13. The van der Waals surface area contributed by atoms with Gasteiger partial charge < -0.3 is 10.1 Å². The van der Waals surface area contributed by atoms with Crippen LogP contribution in [0.5, 0.6) is 5.75 Å². The zero-order valence-corrected chi connectivity index (χ0v) is 18.1. The number of benzene rings is 2. The molecule has 0 saturated heterocycles. The Labute approximate surface area is 179 Å². The van der Waals surface area contributed by atoms with Crippen molar-refractivity contribution in [3.05, 3.63) is 61.0 Å². The third kappa shape index (κ3) is 5.61. The molecule has 27 heavy (non-hydrogen) atoms. The molecule has 0 radical (unpaired) electrons. The third-order valence-corrected chi connectivity index (χ3v) is 5.01. The van der Waals surface area contributed by atoms with Crippen molar-refractivity contribution >= 4 is 61.1 Å². The number of ether oxygens (including phenoxy) is 1. The van der Waals surface area contributed by atoms with Gasteiger partial charge in [0, 0.05) is 10.7 Å². The lowest BCUT2D eigenvalue weighted by Gasteiger charge is -2.09. The van der Waals surface area contributed by atoms with E-state index in [1.807, 2.05) is 13.0 Å². The summed E-state index contributed by atoms with van der Waals surface area (Å²) in [5, 5.41) is 12.6. The van der Waals surface area contributed by atoms with Gasteiger partial charge >= 0.3 is 0 Å². The van der Waals surface area contributed by atoms with Gasteiger partial charge in [-0.25, -0.2) is 0 Å². The highest BCUT2D eigenvalue weighted by Crippen LogP contribution is 2.35. The van der Waals surface area contributed by atoms with Crippen molar-refractivity contribution in [2.75, 3.05) is 11.9 Å². The Balaban J connectivity index is 2.27. The maximum absolute atomic E-state index is 12.4. The number of hydrogen-bond donors (Lipinski definition) is 1. The largest absolute Gasteiger partial charge is 0.479 e. The summed E-state index contributed by atoms with van der Waals surface area (Å²) in [6, 6.07) is 10.5. The van der Waals surface area contributed by atoms with Crippen LogP contribution in [0.15, 0.2) is 44.9 Å². The minimum absolute atomic E-state index is 0.0530. The van der Waals surface area contributed by atoms with Crippen molar-refractivity contribution in [1.29, 1.82) is 5.26 Å². The first kappa shape index (κ1) is 21.1. The molecule has 0 aliphatic heterocycles. The predicted molar refractivity (Wildman–Crippen MR) is 115 cm³/mol. The highest BCUT2D eigenvalue weighted by molar-refractivity contribution is 9.11. The Morgan fingerprint density at radius 3 is 2.56 bits per heavy atom. The van der Waals surface area contributed by atoms with Crippen molar-refractivity contribution in [2.24, 2.45) is 0 Å². The normalized spacial score (nSPS) is 10.7. The first-order chi connectivity index (χ1) is 12.8. The number of rotatable bonds is 5. The SMILES string of the molecule is C#CCOc1c(Br)cc(/C=C(/C#N)C(=O)Nc2ccc(C)c(Cl)c2)cc1Br. The number of hydrogen-bond acceptors (Lipinski definition) is 3. The molecule has 0 heterocycles. The Bertz CT molecular complexity index is 981. The Kier molecular flexibility index (Phi) is 7.50. The van der Waals surface area contributed by atoms with Crippen molar-refractivity contribution in [1.82, 2.24) is 0 Å². The molecule has 0 atom stereocenters. The number of halogens is 3. The molecule has 0 unspecified atom stereocenters. The number of carbonyl (C=O) groups is 1. The van der Waals surface area contributed by atoms with Gasteiger partial charge in [-0.05, 0) is 80.3 Å². The van der Waals surface area contributed by atoms with Crippen LogP contribution in [0.1, 0.15) is 11.1 Å². The van der Waals surface area contributed by atoms with Crippen molar-refractivity contribution in [2.45, 2.75) is 6.92 Å². The smallest absolute Gasteiger partial charge is 0.266 e. The number of nitrogens with zero attached hydrogens (tertiary/aromatic N) is 1. The fourth-order valence-electron chi connectivity index (χ4n) is 2.10. The molecule has 0 aromatic heterocycles. The number of nitrogens with one attached hydrogen (secondary N) is 1. The molecular weight excluding hydrogens is 495 g/mol. The molecule has 2 aromatic carbocycles. The zero-order valence-electron chi connectivity index (χ0n) is 14.1. The van der Waals surface area contributed by atoms with Crippen LogP contribution in [0, 0.1) is 30.6 Å². The van der Waals surface area contributed by atoms with Gasteiger partial charge in [-0.3, -0.25) is 4.79 Å². The summed E-state index contributed by atoms with van der Waals surface area (Å²) in [5.41, 5.74) is 1.99. The topological polar surface area (TPSA) is 62.1 Å². The van der Waals surface area contributed by atoms with Crippen LogP contribution in [-0.4, -0.2) is 12.5 Å². The summed E-state index contributed by atoms with van der Waals surface area (Å²) in [7, 11) is 0. The monoisotopic (exact) mass is 506 g/mol. The molecule has 0 fully saturated rings. The molecule has 0 aliphatic carbocycles. The molecule has 136 valence electrons. The number of nitriles is 1. The van der Waals surface area contributed by atoms with Gasteiger partial charge in [0.15, 0.2) is 0 Å². The molecule has 4 nitrogen and oxygen atoms in total. The van der Waals surface area contributed by atoms with Crippen LogP contribution in [0.3, 0.4) is 0 Å². The summed E-state index contributed by atoms with van der Waals surface area (Å²) in [6.07, 6.45) is 6.68. The van der Waals surface area contributed by atoms with Gasteiger partial charge in [-0.2, -0.15) is 5.26 Å². The van der Waals surface area contributed by atoms with E-state index in [-0.39, 0.29) is 12.2 Å². The minimum Gasteiger partial charge on any atom is -0.479 e. The molecule has 1 amide bonds. The summed E-state index contributed by atoms with van der Waals surface area (Å²) in [4.78, 5) is 12.4. The first-order valence-corrected chi connectivity index (χ1v) is 9.56. The summed E-state index contributed by atoms with van der Waals surface area (Å²) >= 11 is 12.8. The van der Waals surface area contributed by atoms with Gasteiger partial charge in [0.05, 0.1) is 8.95 Å². The van der Waals surface area contributed by atoms with Crippen LogP contribution in [-0.2, 0) is 4.79 Å². The Morgan fingerprint density at radius 2 is 2.00 bits per heavy atom. The summed E-state index contributed by atoms with van der Waals surface area (Å²) in [5.74, 6) is 2.40. The van der Waals surface area contributed by atoms with Crippen LogP contribution in [0.4, 0.5) is 5.69 Å². The van der Waals surface area contributed by atoms with Gasteiger partial charge in [0.25, 0.3) is 5.91 Å². The maximum atomic E-state index is 12.4. The van der Waals surface area contributed by atoms with Crippen LogP contribution >= 0.6 is 43.5 Å². The van der Waals surface area contributed by atoms with E-state index in [0.29, 0.717) is 31.0 Å². The second-order valence-electron chi connectivity index (χ2n) is 5.39. The molecule has 7 heteroatoms. The Hall–Kier alpha value is -2.25. The quantitative estimate of drug-likeness (QED) is 0.319. The zero-order chi connectivity index (χ0) is 20.0. The molecule has 0 spiro atoms. The molecule has 0 aliphatic rings. The number of carbonyl (C=O) groups excluding carboxylic acids is 1. The van der Waals surface area contributed by atoms with E-state index in [4.69, 9.17) is 22.8 Å². The summed E-state index contributed by atoms with van der Waals surface area (Å²) < 4.78 is 6.72. The van der Waals surface area contributed by atoms with E-state index >= 15 is 0 Å². The highest BCUT2D eigenvalue weighted by atomic mass is 79.9. The number of aryl methyl sites for hydroxylation is 1. The summed E-state index contributed by atoms with van der Waals surface area (Å²) in [6.45, 7) is 1.98. The fraction of sp³-hybridized carbons (Fsp3) is 0.100. The van der Waals surface area contributed by atoms with Gasteiger partial charge in [-0.15, -0.1) is 6.42 Å². The van der Waals surface area contributed by atoms with Crippen LogP contribution in [0.25, 0.3) is 6.08 Å². The predicted octanol–water partition coefficient (Wildman–Crippen LogP) is 5.73. The number of amides is 1. The van der Waals surface area contributed by atoms with Crippen LogP contribution < -0.4 is 10.1 Å². The number of terminal acetylenes is 1. The second-order valence-corrected chi connectivity index (χ2v) is 7.51. The number of anilines is 1. The Morgan fingerprint density at radius 1 is 1.33 bits per heavy atom. The van der Waals surface area contributed by atoms with Crippen molar-refractivity contribution < 1.29 is 9.53 Å². The minimum atomic E-state index is -0.530. The van der Waals surface area contributed by atoms with E-state index in [1.54, 1.807) is 30.3 Å². The third-order valence-electron chi connectivity index (χ3n) is 3.43. The van der Waals surface area contributed by atoms with Gasteiger partial charge in [-0.1, -0.05) is 23.6 Å². The van der Waals surface area contributed by atoms with E-state index in [0.717, 1.165) is 5.56 Å². The van der Waals surface area contributed by atoms with Crippen molar-refractivity contribution in [3.8, 4) is 24.2 Å². The maximum Gasteiger partial charge on any atom is 0.266 e. The second kappa shape index (κ2) is 9.62. The van der Waals surface area contributed by atoms with E-state index in [1.165, 1.54) is 6.08 Å². The average Bonchev–Trinajstić information content (AvgIpc) is 2.62. The van der Waals surface area contributed by atoms with E-state index in [9.17, 15) is 10.1 Å². The molecule has 0 bridgehead atoms. The fourth-order valence-corrected chi connectivity index (χ4v) is 3.73. The molecular formula is C20H13Br2ClN2O2. The molecule has 1 N–H and O–H groups in total. The lowest BCUT2D eigenvalue weighted by molar-refractivity contribution is -0.112. The van der Waals surface area contributed by atoms with Gasteiger partial charge in [0.1, 0.15) is 24.0 Å². The van der Waals surface area contributed by atoms with Gasteiger partial charge in [0.2, 0.25) is 0 Å². The average molecular weight is 509 g/mol. The van der Waals surface area contributed by atoms with E-state index < -0.39 is 5.91 Å². The lowest BCUT2D eigenvalue weighted by Crippen LogP contribution is -2.13. The molecule has 2 aromatic rings. The molecule has 0 saturated carbocycles. The van der Waals surface area contributed by atoms with Crippen LogP contribution in [0.2, 0.25) is 5.02 Å². The van der Waals surface area contributed by atoms with Crippen molar-refractivity contribution in [3.63, 3.8) is 0 Å². The first-order valence-electron chi connectivity index (χ1n) is 7.60. The van der Waals surface area contributed by atoms with E-state index in [2.05, 4.69) is 43.1 Å².